The smallest absolute Gasteiger partial charge is 0.326 e. The lowest BCUT2D eigenvalue weighted by Gasteiger charge is -2.20. The predicted octanol–water partition coefficient (Wildman–Crippen LogP) is 1.58. The summed E-state index contributed by atoms with van der Waals surface area (Å²) in [5.74, 6) is -0.482. The summed E-state index contributed by atoms with van der Waals surface area (Å²) in [7, 11) is 0. The molecule has 17 heavy (non-hydrogen) atoms. The summed E-state index contributed by atoms with van der Waals surface area (Å²) >= 11 is 0. The van der Waals surface area contributed by atoms with Crippen molar-refractivity contribution in [2.75, 3.05) is 0 Å². The average molecular weight is 242 g/mol. The van der Waals surface area contributed by atoms with E-state index in [9.17, 15) is 9.59 Å². The molecule has 4 atom stereocenters. The Morgan fingerprint density at radius 1 is 1.41 bits per heavy atom. The van der Waals surface area contributed by atoms with Crippen molar-refractivity contribution in [3.63, 3.8) is 0 Å². The molecule has 98 valence electrons. The molecule has 2 unspecified atom stereocenters. The van der Waals surface area contributed by atoms with Crippen LogP contribution < -0.4 is 10.6 Å². The molecule has 0 aliphatic heterocycles. The topological polar surface area (TPSA) is 78.4 Å². The van der Waals surface area contributed by atoms with Crippen LogP contribution in [0.1, 0.15) is 40.0 Å². The predicted molar refractivity (Wildman–Crippen MR) is 64.7 cm³/mol. The van der Waals surface area contributed by atoms with Crippen LogP contribution in [0.5, 0.6) is 0 Å². The van der Waals surface area contributed by atoms with E-state index in [1.54, 1.807) is 0 Å². The Hall–Kier alpha value is -1.26. The lowest BCUT2D eigenvalue weighted by molar-refractivity contribution is -0.140. The van der Waals surface area contributed by atoms with E-state index in [0.717, 1.165) is 19.3 Å². The average Bonchev–Trinajstić information content (AvgIpc) is 3.02. The molecule has 1 aliphatic rings. The number of urea groups is 1. The summed E-state index contributed by atoms with van der Waals surface area (Å²) in [4.78, 5) is 22.6. The Labute approximate surface area is 102 Å². The summed E-state index contributed by atoms with van der Waals surface area (Å²) in [5.41, 5.74) is 0. The number of rotatable bonds is 6. The second-order valence-electron chi connectivity index (χ2n) is 4.83. The quantitative estimate of drug-likeness (QED) is 0.661. The molecule has 0 radical (unpaired) electrons. The Morgan fingerprint density at radius 3 is 2.47 bits per heavy atom. The van der Waals surface area contributed by atoms with E-state index in [-0.39, 0.29) is 18.0 Å². The van der Waals surface area contributed by atoms with Crippen molar-refractivity contribution >= 4 is 12.0 Å². The molecule has 5 nitrogen and oxygen atoms in total. The lowest BCUT2D eigenvalue weighted by atomic mass is 9.99. The van der Waals surface area contributed by atoms with Crippen LogP contribution in [-0.2, 0) is 4.79 Å². The summed E-state index contributed by atoms with van der Waals surface area (Å²) in [6, 6.07) is -0.941. The number of carbonyl (C=O) groups excluding carboxylic acids is 1. The molecule has 3 N–H and O–H groups in total. The number of nitrogens with one attached hydrogen (secondary N) is 2. The van der Waals surface area contributed by atoms with Gasteiger partial charge in [0.05, 0.1) is 0 Å². The van der Waals surface area contributed by atoms with E-state index in [0.29, 0.717) is 5.92 Å². The van der Waals surface area contributed by atoms with Gasteiger partial charge in [0.2, 0.25) is 0 Å². The zero-order valence-electron chi connectivity index (χ0n) is 10.7. The molecule has 0 saturated heterocycles. The Morgan fingerprint density at radius 2 is 2.06 bits per heavy atom. The first-order chi connectivity index (χ1) is 7.99. The van der Waals surface area contributed by atoms with Gasteiger partial charge < -0.3 is 15.7 Å². The highest BCUT2D eigenvalue weighted by Crippen LogP contribution is 2.32. The van der Waals surface area contributed by atoms with Crippen molar-refractivity contribution in [2.45, 2.75) is 52.1 Å². The molecule has 1 aliphatic carbocycles. The Kier molecular flexibility index (Phi) is 4.78. The molecular weight excluding hydrogens is 220 g/mol. The third kappa shape index (κ3) is 3.91. The molecule has 0 spiro atoms. The van der Waals surface area contributed by atoms with Crippen LogP contribution in [-0.4, -0.2) is 29.2 Å². The van der Waals surface area contributed by atoms with Gasteiger partial charge in [-0.3, -0.25) is 0 Å². The second kappa shape index (κ2) is 5.89. The number of hydrogen-bond donors (Lipinski definition) is 3. The van der Waals surface area contributed by atoms with Gasteiger partial charge in [-0.05, 0) is 18.3 Å². The normalized spacial score (nSPS) is 25.8. The highest BCUT2D eigenvalue weighted by Gasteiger charge is 2.37. The van der Waals surface area contributed by atoms with Gasteiger partial charge in [-0.1, -0.05) is 33.6 Å². The van der Waals surface area contributed by atoms with Crippen molar-refractivity contribution in [1.29, 1.82) is 0 Å². The highest BCUT2D eigenvalue weighted by atomic mass is 16.4. The zero-order valence-corrected chi connectivity index (χ0v) is 10.7. The maximum Gasteiger partial charge on any atom is 0.326 e. The van der Waals surface area contributed by atoms with Gasteiger partial charge in [-0.2, -0.15) is 0 Å². The first-order valence-electron chi connectivity index (χ1n) is 6.29. The minimum absolute atomic E-state index is 0.0700. The molecule has 1 saturated carbocycles. The fourth-order valence-corrected chi connectivity index (χ4v) is 1.91. The SMILES string of the molecule is CCC1CC1NC(=O)N[C@H](C(=O)O)[C@@H](C)CC. The fourth-order valence-electron chi connectivity index (χ4n) is 1.91. The molecule has 5 heteroatoms. The molecule has 0 heterocycles. The Bertz CT molecular complexity index is 293. The summed E-state index contributed by atoms with van der Waals surface area (Å²) in [6.07, 6.45) is 2.78. The third-order valence-corrected chi connectivity index (χ3v) is 3.53. The third-order valence-electron chi connectivity index (χ3n) is 3.53. The van der Waals surface area contributed by atoms with Crippen LogP contribution in [0.2, 0.25) is 0 Å². The maximum atomic E-state index is 11.6. The van der Waals surface area contributed by atoms with Gasteiger partial charge in [0, 0.05) is 6.04 Å². The molecule has 2 amide bonds. The van der Waals surface area contributed by atoms with Crippen LogP contribution in [0.15, 0.2) is 0 Å². The minimum Gasteiger partial charge on any atom is -0.480 e. The summed E-state index contributed by atoms with van der Waals surface area (Å²) in [6.45, 7) is 5.82. The monoisotopic (exact) mass is 242 g/mol. The van der Waals surface area contributed by atoms with Gasteiger partial charge in [-0.15, -0.1) is 0 Å². The first kappa shape index (κ1) is 13.8. The summed E-state index contributed by atoms with van der Waals surface area (Å²) < 4.78 is 0. The van der Waals surface area contributed by atoms with Crippen LogP contribution in [0.25, 0.3) is 0 Å². The van der Waals surface area contributed by atoms with Crippen molar-refractivity contribution in [1.82, 2.24) is 10.6 Å². The molecule has 1 fully saturated rings. The van der Waals surface area contributed by atoms with Gasteiger partial charge >= 0.3 is 12.0 Å². The number of aliphatic carboxylic acids is 1. The van der Waals surface area contributed by atoms with E-state index in [4.69, 9.17) is 5.11 Å². The van der Waals surface area contributed by atoms with Crippen molar-refractivity contribution in [3.8, 4) is 0 Å². The maximum absolute atomic E-state index is 11.6. The molecule has 0 aromatic carbocycles. The zero-order chi connectivity index (χ0) is 13.0. The number of hydrogen-bond acceptors (Lipinski definition) is 2. The fraction of sp³-hybridized carbons (Fsp3) is 0.833. The summed E-state index contributed by atoms with van der Waals surface area (Å²) in [5, 5.41) is 14.4. The van der Waals surface area contributed by atoms with Crippen LogP contribution in [0.4, 0.5) is 4.79 Å². The van der Waals surface area contributed by atoms with E-state index in [1.807, 2.05) is 13.8 Å². The molecule has 0 aromatic heterocycles. The van der Waals surface area contributed by atoms with E-state index < -0.39 is 12.0 Å². The minimum atomic E-state index is -0.975. The Balaban J connectivity index is 2.39. The number of carboxylic acids is 1. The lowest BCUT2D eigenvalue weighted by Crippen LogP contribution is -2.49. The van der Waals surface area contributed by atoms with Gasteiger partial charge in [0.1, 0.15) is 6.04 Å². The molecule has 0 bridgehead atoms. The van der Waals surface area contributed by atoms with Gasteiger partial charge in [0.25, 0.3) is 0 Å². The van der Waals surface area contributed by atoms with Crippen molar-refractivity contribution in [2.24, 2.45) is 11.8 Å². The molecule has 0 aromatic rings. The first-order valence-corrected chi connectivity index (χ1v) is 6.29. The number of carboxylic acid groups (broad SMARTS) is 1. The largest absolute Gasteiger partial charge is 0.480 e. The van der Waals surface area contributed by atoms with E-state index >= 15 is 0 Å². The highest BCUT2D eigenvalue weighted by molar-refractivity contribution is 5.83. The van der Waals surface area contributed by atoms with Gasteiger partial charge in [0.15, 0.2) is 0 Å². The van der Waals surface area contributed by atoms with Crippen molar-refractivity contribution < 1.29 is 14.7 Å². The van der Waals surface area contributed by atoms with Crippen molar-refractivity contribution in [3.05, 3.63) is 0 Å². The van der Waals surface area contributed by atoms with E-state index in [1.165, 1.54) is 0 Å². The van der Waals surface area contributed by atoms with Crippen LogP contribution in [0.3, 0.4) is 0 Å². The van der Waals surface area contributed by atoms with E-state index in [2.05, 4.69) is 17.6 Å². The number of amides is 2. The van der Waals surface area contributed by atoms with Crippen LogP contribution in [0, 0.1) is 11.8 Å². The molecular formula is C12H22N2O3. The van der Waals surface area contributed by atoms with Crippen LogP contribution >= 0.6 is 0 Å². The standard InChI is InChI=1S/C12H22N2O3/c1-4-7(3)10(11(15)16)14-12(17)13-9-6-8(9)5-2/h7-10H,4-6H2,1-3H3,(H,15,16)(H2,13,14,17)/t7-,8?,9?,10-/m0/s1. The number of carbonyl (C=O) groups is 2. The van der Waals surface area contributed by atoms with Gasteiger partial charge in [-0.25, -0.2) is 9.59 Å². The second-order valence-corrected chi connectivity index (χ2v) is 4.83. The molecule has 1 rings (SSSR count).